The molecule has 1 aliphatic heterocycles. The lowest BCUT2D eigenvalue weighted by Gasteiger charge is -2.31. The molecule has 2 fully saturated rings. The predicted molar refractivity (Wildman–Crippen MR) is 104 cm³/mol. The summed E-state index contributed by atoms with van der Waals surface area (Å²) in [5.41, 5.74) is 0.468. The summed E-state index contributed by atoms with van der Waals surface area (Å²) in [6.07, 6.45) is 3.92. The Labute approximate surface area is 169 Å². The molecule has 1 unspecified atom stereocenters. The Bertz CT molecular complexity index is 969. The van der Waals surface area contributed by atoms with Gasteiger partial charge in [-0.25, -0.2) is 13.2 Å². The van der Waals surface area contributed by atoms with Crippen molar-refractivity contribution in [3.05, 3.63) is 36.0 Å². The second kappa shape index (κ2) is 8.11. The van der Waals surface area contributed by atoms with E-state index in [0.29, 0.717) is 37.0 Å². The summed E-state index contributed by atoms with van der Waals surface area (Å²) in [5.74, 6) is 1.95. The molecule has 1 atom stereocenters. The number of hydrogen-bond donors (Lipinski definition) is 1. The molecule has 1 saturated heterocycles. The molecular formula is C19H24N4O5S. The zero-order chi connectivity index (χ0) is 20.4. The maximum Gasteiger partial charge on any atom is 0.411 e. The van der Waals surface area contributed by atoms with Crippen molar-refractivity contribution in [2.75, 3.05) is 25.5 Å². The van der Waals surface area contributed by atoms with Gasteiger partial charge in [-0.05, 0) is 55.9 Å². The minimum absolute atomic E-state index is 0.145. The van der Waals surface area contributed by atoms with Crippen LogP contribution < -0.4 is 5.32 Å². The Hall–Kier alpha value is -2.46. The Morgan fingerprint density at radius 3 is 2.72 bits per heavy atom. The molecule has 1 saturated carbocycles. The number of rotatable bonds is 6. The molecule has 1 N–H and O–H groups in total. The number of ether oxygens (including phenoxy) is 1. The van der Waals surface area contributed by atoms with Crippen molar-refractivity contribution in [1.82, 2.24) is 14.4 Å². The fourth-order valence-electron chi connectivity index (χ4n) is 3.55. The Morgan fingerprint density at radius 1 is 1.28 bits per heavy atom. The molecule has 2 aliphatic rings. The monoisotopic (exact) mass is 420 g/mol. The summed E-state index contributed by atoms with van der Waals surface area (Å²) < 4.78 is 37.5. The van der Waals surface area contributed by atoms with Crippen LogP contribution in [0.3, 0.4) is 0 Å². The molecule has 9 nitrogen and oxygen atoms in total. The number of nitrogens with zero attached hydrogens (tertiary/aromatic N) is 3. The van der Waals surface area contributed by atoms with Crippen LogP contribution in [0.4, 0.5) is 10.5 Å². The largest absolute Gasteiger partial charge is 0.453 e. The lowest BCUT2D eigenvalue weighted by Crippen LogP contribution is -2.40. The van der Waals surface area contributed by atoms with E-state index >= 15 is 0 Å². The Morgan fingerprint density at radius 2 is 2.03 bits per heavy atom. The minimum Gasteiger partial charge on any atom is -0.453 e. The predicted octanol–water partition coefficient (Wildman–Crippen LogP) is 2.77. The summed E-state index contributed by atoms with van der Waals surface area (Å²) >= 11 is 0. The van der Waals surface area contributed by atoms with Crippen LogP contribution in [0.25, 0.3) is 0 Å². The maximum atomic E-state index is 13.0. The van der Waals surface area contributed by atoms with Gasteiger partial charge < -0.3 is 9.26 Å². The average Bonchev–Trinajstić information content (AvgIpc) is 3.48. The van der Waals surface area contributed by atoms with Gasteiger partial charge in [0.15, 0.2) is 5.82 Å². The van der Waals surface area contributed by atoms with Gasteiger partial charge in [-0.15, -0.1) is 0 Å². The summed E-state index contributed by atoms with van der Waals surface area (Å²) in [6.45, 7) is 0.907. The third-order valence-electron chi connectivity index (χ3n) is 5.30. The van der Waals surface area contributed by atoms with E-state index in [-0.39, 0.29) is 10.8 Å². The number of carbonyl (C=O) groups is 1. The van der Waals surface area contributed by atoms with Crippen LogP contribution in [-0.2, 0) is 21.2 Å². The van der Waals surface area contributed by atoms with E-state index in [1.165, 1.54) is 23.5 Å². The molecule has 2 heterocycles. The first-order valence-electron chi connectivity index (χ1n) is 9.73. The van der Waals surface area contributed by atoms with Gasteiger partial charge in [-0.2, -0.15) is 9.29 Å². The molecule has 1 aromatic heterocycles. The number of nitrogens with one attached hydrogen (secondary N) is 1. The first kappa shape index (κ1) is 19.8. The number of aromatic nitrogens is 2. The number of amides is 1. The van der Waals surface area contributed by atoms with Gasteiger partial charge in [0.2, 0.25) is 15.9 Å². The van der Waals surface area contributed by atoms with Gasteiger partial charge in [0.1, 0.15) is 0 Å². The number of hydrogen-bond acceptors (Lipinski definition) is 7. The number of methoxy groups -OCH3 is 1. The fraction of sp³-hybridized carbons (Fsp3) is 0.526. The van der Waals surface area contributed by atoms with E-state index in [1.807, 2.05) is 0 Å². The lowest BCUT2D eigenvalue weighted by molar-refractivity contribution is 0.187. The summed E-state index contributed by atoms with van der Waals surface area (Å²) in [5, 5.41) is 6.54. The first-order valence-corrected chi connectivity index (χ1v) is 11.2. The quantitative estimate of drug-likeness (QED) is 0.764. The number of benzene rings is 1. The van der Waals surface area contributed by atoms with Crippen molar-refractivity contribution in [1.29, 1.82) is 0 Å². The number of carbonyl (C=O) groups excluding carboxylic acids is 1. The SMILES string of the molecule is COC(=O)Nc1ccc(S(=O)(=O)N2CCCC(Cc3nc(C4CC4)no3)C2)cc1. The van der Waals surface area contributed by atoms with Crippen LogP contribution in [0.2, 0.25) is 0 Å². The molecule has 1 aliphatic carbocycles. The lowest BCUT2D eigenvalue weighted by atomic mass is 9.96. The molecule has 156 valence electrons. The molecule has 2 aromatic rings. The second-order valence-electron chi connectivity index (χ2n) is 7.54. The van der Waals surface area contributed by atoms with Crippen molar-refractivity contribution >= 4 is 21.8 Å². The smallest absolute Gasteiger partial charge is 0.411 e. The molecule has 4 rings (SSSR count). The van der Waals surface area contributed by atoms with Crippen molar-refractivity contribution in [2.24, 2.45) is 5.92 Å². The van der Waals surface area contributed by atoms with Crippen LogP contribution >= 0.6 is 0 Å². The fourth-order valence-corrected chi connectivity index (χ4v) is 5.10. The normalized spacial score (nSPS) is 20.4. The maximum absolute atomic E-state index is 13.0. The second-order valence-corrected chi connectivity index (χ2v) is 9.47. The van der Waals surface area contributed by atoms with Crippen LogP contribution in [0, 0.1) is 5.92 Å². The van der Waals surface area contributed by atoms with E-state index < -0.39 is 16.1 Å². The highest BCUT2D eigenvalue weighted by Crippen LogP contribution is 2.38. The van der Waals surface area contributed by atoms with Gasteiger partial charge in [0.25, 0.3) is 0 Å². The highest BCUT2D eigenvalue weighted by atomic mass is 32.2. The molecule has 0 radical (unpaired) electrons. The van der Waals surface area contributed by atoms with E-state index in [0.717, 1.165) is 31.5 Å². The molecule has 1 amide bonds. The molecule has 10 heteroatoms. The highest BCUT2D eigenvalue weighted by molar-refractivity contribution is 7.89. The Kier molecular flexibility index (Phi) is 5.55. The molecular weight excluding hydrogens is 396 g/mol. The standard InChI is InChI=1S/C19H24N4O5S/c1-27-19(24)20-15-6-8-16(9-7-15)29(25,26)23-10-2-3-13(12-23)11-17-21-18(22-28-17)14-4-5-14/h6-9,13-14H,2-5,10-12H2,1H3,(H,20,24). The molecule has 0 spiro atoms. The van der Waals surface area contributed by atoms with Gasteiger partial charge in [0, 0.05) is 31.1 Å². The van der Waals surface area contributed by atoms with Gasteiger partial charge in [-0.1, -0.05) is 5.16 Å². The van der Waals surface area contributed by atoms with Gasteiger partial charge in [0.05, 0.1) is 12.0 Å². The number of anilines is 1. The van der Waals surface area contributed by atoms with Crippen LogP contribution in [-0.4, -0.2) is 49.2 Å². The van der Waals surface area contributed by atoms with Crippen LogP contribution in [0.5, 0.6) is 0 Å². The average molecular weight is 420 g/mol. The molecule has 29 heavy (non-hydrogen) atoms. The van der Waals surface area contributed by atoms with Gasteiger partial charge >= 0.3 is 6.09 Å². The third kappa shape index (κ3) is 4.59. The molecule has 0 bridgehead atoms. The van der Waals surface area contributed by atoms with Crippen molar-refractivity contribution in [3.8, 4) is 0 Å². The van der Waals surface area contributed by atoms with Crippen molar-refractivity contribution in [2.45, 2.75) is 42.9 Å². The zero-order valence-electron chi connectivity index (χ0n) is 16.2. The molecule has 1 aromatic carbocycles. The topological polar surface area (TPSA) is 115 Å². The minimum atomic E-state index is -3.61. The van der Waals surface area contributed by atoms with Gasteiger partial charge in [-0.3, -0.25) is 5.32 Å². The summed E-state index contributed by atoms with van der Waals surface area (Å²) in [6, 6.07) is 6.07. The number of piperidine rings is 1. The van der Waals surface area contributed by atoms with Crippen molar-refractivity contribution < 1.29 is 22.5 Å². The number of sulfonamides is 1. The van der Waals surface area contributed by atoms with E-state index in [9.17, 15) is 13.2 Å². The third-order valence-corrected chi connectivity index (χ3v) is 7.17. The summed E-state index contributed by atoms with van der Waals surface area (Å²) in [7, 11) is -2.35. The van der Waals surface area contributed by atoms with Crippen LogP contribution in [0.15, 0.2) is 33.7 Å². The van der Waals surface area contributed by atoms with E-state index in [2.05, 4.69) is 20.2 Å². The zero-order valence-corrected chi connectivity index (χ0v) is 17.0. The Balaban J connectivity index is 1.41. The van der Waals surface area contributed by atoms with Crippen LogP contribution in [0.1, 0.15) is 43.3 Å². The van der Waals surface area contributed by atoms with Crippen molar-refractivity contribution in [3.63, 3.8) is 0 Å². The van der Waals surface area contributed by atoms with E-state index in [4.69, 9.17) is 4.52 Å². The van der Waals surface area contributed by atoms with E-state index in [1.54, 1.807) is 12.1 Å². The highest BCUT2D eigenvalue weighted by Gasteiger charge is 2.32. The summed E-state index contributed by atoms with van der Waals surface area (Å²) in [4.78, 5) is 15.9. The first-order chi connectivity index (χ1) is 14.0.